The zero-order valence-corrected chi connectivity index (χ0v) is 19.5. The van der Waals surface area contributed by atoms with E-state index < -0.39 is 17.7 Å². The molecule has 9 N–H and O–H groups in total. The largest absolute Gasteiger partial charge is 0.369 e. The van der Waals surface area contributed by atoms with E-state index in [-0.39, 0.29) is 32.1 Å². The number of nitrogens with one attached hydrogen (secondary N) is 1. The van der Waals surface area contributed by atoms with Crippen molar-refractivity contribution in [3.63, 3.8) is 0 Å². The van der Waals surface area contributed by atoms with Crippen LogP contribution < -0.4 is 28.3 Å². The lowest BCUT2D eigenvalue weighted by Crippen LogP contribution is -2.47. The number of nitrogens with zero attached hydrogens (tertiary/aromatic N) is 4. The SMILES string of the molecule is NCCNC(=O)CN1CCCN(CC(N)=O)CCN(CC(N)=O)CCCN(CC(N)=O)CC1. The average Bonchev–Trinajstić information content (AvgIpc) is 2.71. The molecule has 190 valence electrons. The Kier molecular flexibility index (Phi) is 14.2. The fourth-order valence-electron chi connectivity index (χ4n) is 3.81. The number of hydrogen-bond donors (Lipinski definition) is 5. The summed E-state index contributed by atoms with van der Waals surface area (Å²) in [6, 6.07) is 0. The van der Waals surface area contributed by atoms with Gasteiger partial charge in [0.2, 0.25) is 23.6 Å². The maximum atomic E-state index is 12.2. The number of rotatable bonds is 10. The van der Waals surface area contributed by atoms with Gasteiger partial charge >= 0.3 is 0 Å². The van der Waals surface area contributed by atoms with Crippen LogP contribution in [0.3, 0.4) is 0 Å². The Morgan fingerprint density at radius 1 is 0.576 bits per heavy atom. The Hall–Kier alpha value is -2.32. The molecule has 0 atom stereocenters. The molecule has 0 saturated carbocycles. The van der Waals surface area contributed by atoms with Crippen molar-refractivity contribution in [2.45, 2.75) is 12.8 Å². The van der Waals surface area contributed by atoms with Crippen molar-refractivity contribution >= 4 is 23.6 Å². The van der Waals surface area contributed by atoms with E-state index >= 15 is 0 Å². The predicted octanol–water partition coefficient (Wildman–Crippen LogP) is -4.48. The topological polar surface area (TPSA) is 197 Å². The zero-order valence-electron chi connectivity index (χ0n) is 19.5. The molecule has 1 aliphatic heterocycles. The predicted molar refractivity (Wildman–Crippen MR) is 125 cm³/mol. The molecule has 13 nitrogen and oxygen atoms in total. The summed E-state index contributed by atoms with van der Waals surface area (Å²) in [5.41, 5.74) is 21.7. The van der Waals surface area contributed by atoms with Crippen molar-refractivity contribution < 1.29 is 19.2 Å². The second-order valence-electron chi connectivity index (χ2n) is 8.35. The van der Waals surface area contributed by atoms with E-state index in [4.69, 9.17) is 22.9 Å². The number of amides is 4. The van der Waals surface area contributed by atoms with Crippen LogP contribution in [0.4, 0.5) is 0 Å². The quantitative estimate of drug-likeness (QED) is 0.208. The summed E-state index contributed by atoms with van der Waals surface area (Å²) in [4.78, 5) is 54.6. The van der Waals surface area contributed by atoms with Crippen molar-refractivity contribution in [1.29, 1.82) is 0 Å². The van der Waals surface area contributed by atoms with Crippen molar-refractivity contribution in [1.82, 2.24) is 24.9 Å². The van der Waals surface area contributed by atoms with Crippen molar-refractivity contribution in [3.8, 4) is 0 Å². The summed E-state index contributed by atoms with van der Waals surface area (Å²) in [5, 5.41) is 2.77. The van der Waals surface area contributed by atoms with Gasteiger partial charge in [-0.3, -0.25) is 38.8 Å². The third-order valence-corrected chi connectivity index (χ3v) is 5.33. The molecule has 1 rings (SSSR count). The molecule has 0 radical (unpaired) electrons. The highest BCUT2D eigenvalue weighted by atomic mass is 16.2. The Balaban J connectivity index is 2.89. The minimum Gasteiger partial charge on any atom is -0.369 e. The Labute approximate surface area is 195 Å². The number of primary amides is 3. The van der Waals surface area contributed by atoms with Crippen molar-refractivity contribution in [2.75, 3.05) is 91.6 Å². The van der Waals surface area contributed by atoms with Gasteiger partial charge in [0.25, 0.3) is 0 Å². The molecule has 0 aromatic heterocycles. The second kappa shape index (κ2) is 16.3. The molecule has 0 aromatic carbocycles. The lowest BCUT2D eigenvalue weighted by Gasteiger charge is -2.31. The summed E-state index contributed by atoms with van der Waals surface area (Å²) < 4.78 is 0. The molecular weight excluding hydrogens is 430 g/mol. The standard InChI is InChI=1S/C20H41N9O4/c21-3-4-25-20(33)16-29-8-2-7-27(14-18(23)31)10-9-26(13-17(22)30)5-1-6-28(11-12-29)15-19(24)32/h1-16,21H2,(H2,22,30)(H2,23,31)(H2,24,32)(H,25,33). The van der Waals surface area contributed by atoms with Gasteiger partial charge in [-0.05, 0) is 39.0 Å². The van der Waals surface area contributed by atoms with Gasteiger partial charge in [-0.25, -0.2) is 0 Å². The Morgan fingerprint density at radius 2 is 0.909 bits per heavy atom. The Morgan fingerprint density at radius 3 is 1.21 bits per heavy atom. The number of carbonyl (C=O) groups is 4. The fraction of sp³-hybridized carbons (Fsp3) is 0.800. The first-order valence-electron chi connectivity index (χ1n) is 11.4. The highest BCUT2D eigenvalue weighted by molar-refractivity contribution is 5.78. The summed E-state index contributed by atoms with van der Waals surface area (Å²) in [6.07, 6.45) is 1.41. The summed E-state index contributed by atoms with van der Waals surface area (Å²) in [5.74, 6) is -1.37. The van der Waals surface area contributed by atoms with Gasteiger partial charge in [0.05, 0.1) is 26.2 Å². The lowest BCUT2D eigenvalue weighted by molar-refractivity contribution is -0.123. The molecule has 0 unspecified atom stereocenters. The fourth-order valence-corrected chi connectivity index (χ4v) is 3.81. The zero-order chi connectivity index (χ0) is 24.6. The van der Waals surface area contributed by atoms with Gasteiger partial charge in [0.1, 0.15) is 0 Å². The van der Waals surface area contributed by atoms with Gasteiger partial charge < -0.3 is 28.3 Å². The third-order valence-electron chi connectivity index (χ3n) is 5.33. The number of carbonyl (C=O) groups excluding carboxylic acids is 4. The first-order valence-corrected chi connectivity index (χ1v) is 11.4. The maximum absolute atomic E-state index is 12.2. The van der Waals surface area contributed by atoms with Crippen LogP contribution in [-0.4, -0.2) is 135 Å². The molecule has 0 bridgehead atoms. The molecule has 1 saturated heterocycles. The van der Waals surface area contributed by atoms with E-state index in [2.05, 4.69) is 5.32 Å². The van der Waals surface area contributed by atoms with Crippen LogP contribution in [0.25, 0.3) is 0 Å². The first-order chi connectivity index (χ1) is 15.7. The highest BCUT2D eigenvalue weighted by Crippen LogP contribution is 2.03. The summed E-state index contributed by atoms with van der Waals surface area (Å²) >= 11 is 0. The van der Waals surface area contributed by atoms with Gasteiger partial charge in [-0.1, -0.05) is 0 Å². The van der Waals surface area contributed by atoms with E-state index in [1.54, 1.807) is 0 Å². The smallest absolute Gasteiger partial charge is 0.234 e. The summed E-state index contributed by atoms with van der Waals surface area (Å²) in [6.45, 7) is 6.04. The molecule has 13 heteroatoms. The van der Waals surface area contributed by atoms with Crippen LogP contribution in [0.5, 0.6) is 0 Å². The Bertz CT molecular complexity index is 635. The summed E-state index contributed by atoms with van der Waals surface area (Å²) in [7, 11) is 0. The van der Waals surface area contributed by atoms with Crippen LogP contribution in [0.1, 0.15) is 12.8 Å². The van der Waals surface area contributed by atoms with Gasteiger partial charge in [-0.2, -0.15) is 0 Å². The maximum Gasteiger partial charge on any atom is 0.234 e. The average molecular weight is 472 g/mol. The van der Waals surface area contributed by atoms with Crippen LogP contribution >= 0.6 is 0 Å². The van der Waals surface area contributed by atoms with E-state index in [9.17, 15) is 19.2 Å². The van der Waals surface area contributed by atoms with E-state index in [1.165, 1.54) is 0 Å². The monoisotopic (exact) mass is 471 g/mol. The first kappa shape index (κ1) is 28.7. The van der Waals surface area contributed by atoms with Crippen LogP contribution in [-0.2, 0) is 19.2 Å². The van der Waals surface area contributed by atoms with Crippen LogP contribution in [0, 0.1) is 0 Å². The van der Waals surface area contributed by atoms with Gasteiger partial charge in [0, 0.05) is 39.3 Å². The highest BCUT2D eigenvalue weighted by Gasteiger charge is 2.18. The third kappa shape index (κ3) is 14.4. The molecule has 1 heterocycles. The molecule has 1 aliphatic rings. The van der Waals surface area contributed by atoms with E-state index in [0.717, 1.165) is 0 Å². The second-order valence-corrected chi connectivity index (χ2v) is 8.35. The molecule has 1 fully saturated rings. The van der Waals surface area contributed by atoms with E-state index in [0.29, 0.717) is 78.3 Å². The molecule has 0 aliphatic carbocycles. The van der Waals surface area contributed by atoms with Crippen molar-refractivity contribution in [2.24, 2.45) is 22.9 Å². The molecule has 4 amide bonds. The van der Waals surface area contributed by atoms with Crippen molar-refractivity contribution in [3.05, 3.63) is 0 Å². The lowest BCUT2D eigenvalue weighted by atomic mass is 10.2. The minimum atomic E-state index is -0.421. The number of nitrogens with two attached hydrogens (primary N) is 4. The molecule has 33 heavy (non-hydrogen) atoms. The normalized spacial score (nSPS) is 18.9. The molecule has 0 aromatic rings. The van der Waals surface area contributed by atoms with E-state index in [1.807, 2.05) is 19.6 Å². The number of hydrogen-bond acceptors (Lipinski definition) is 9. The van der Waals surface area contributed by atoms with Crippen LogP contribution in [0.2, 0.25) is 0 Å². The van der Waals surface area contributed by atoms with Gasteiger partial charge in [0.15, 0.2) is 0 Å². The molecule has 0 spiro atoms. The van der Waals surface area contributed by atoms with Crippen LogP contribution in [0.15, 0.2) is 0 Å². The van der Waals surface area contributed by atoms with Gasteiger partial charge in [-0.15, -0.1) is 0 Å². The minimum absolute atomic E-state index is 0.112. The molecular formula is C20H41N9O4.